The van der Waals surface area contributed by atoms with Gasteiger partial charge in [0.25, 0.3) is 15.9 Å². The van der Waals surface area contributed by atoms with E-state index in [0.29, 0.717) is 11.3 Å². The predicted octanol–water partition coefficient (Wildman–Crippen LogP) is 3.71. The molecule has 5 nitrogen and oxygen atoms in total. The molecule has 1 amide bonds. The fraction of sp³-hybridized carbons (Fsp3) is 0.316. The Labute approximate surface area is 149 Å². The lowest BCUT2D eigenvalue weighted by atomic mass is 10.1. The summed E-state index contributed by atoms with van der Waals surface area (Å²) >= 11 is 0. The van der Waals surface area contributed by atoms with Gasteiger partial charge in [-0.3, -0.25) is 9.52 Å². The van der Waals surface area contributed by atoms with Gasteiger partial charge in [-0.25, -0.2) is 8.42 Å². The van der Waals surface area contributed by atoms with Gasteiger partial charge in [0, 0.05) is 17.3 Å². The summed E-state index contributed by atoms with van der Waals surface area (Å²) in [5.41, 5.74) is 1.78. The molecule has 2 aromatic rings. The Morgan fingerprint density at radius 3 is 2.52 bits per heavy atom. The number of hydrogen-bond acceptors (Lipinski definition) is 3. The predicted molar refractivity (Wildman–Crippen MR) is 100 cm³/mol. The van der Waals surface area contributed by atoms with Crippen LogP contribution in [0.3, 0.4) is 0 Å². The molecular formula is C19H24N2O3S. The molecule has 0 aromatic heterocycles. The van der Waals surface area contributed by atoms with Crippen molar-refractivity contribution in [3.8, 4) is 0 Å². The van der Waals surface area contributed by atoms with E-state index in [0.717, 1.165) is 18.4 Å². The van der Waals surface area contributed by atoms with Gasteiger partial charge < -0.3 is 5.32 Å². The van der Waals surface area contributed by atoms with Crippen molar-refractivity contribution in [1.82, 2.24) is 5.32 Å². The first-order valence-corrected chi connectivity index (χ1v) is 9.80. The molecule has 0 aliphatic rings. The average Bonchev–Trinajstić information content (AvgIpc) is 2.54. The van der Waals surface area contributed by atoms with Gasteiger partial charge in [0.05, 0.1) is 4.90 Å². The minimum Gasteiger partial charge on any atom is -0.350 e. The number of aryl methyl sites for hydroxylation is 1. The van der Waals surface area contributed by atoms with Crippen LogP contribution in [-0.2, 0) is 10.0 Å². The molecule has 6 heteroatoms. The van der Waals surface area contributed by atoms with Gasteiger partial charge in [0.2, 0.25) is 0 Å². The second kappa shape index (κ2) is 8.16. The van der Waals surface area contributed by atoms with Crippen molar-refractivity contribution in [1.29, 1.82) is 0 Å². The number of amides is 1. The van der Waals surface area contributed by atoms with Crippen LogP contribution in [0.4, 0.5) is 5.69 Å². The molecule has 2 rings (SSSR count). The van der Waals surface area contributed by atoms with Gasteiger partial charge in [-0.1, -0.05) is 31.5 Å². The molecule has 0 aliphatic heterocycles. The maximum absolute atomic E-state index is 12.6. The third-order valence-electron chi connectivity index (χ3n) is 3.78. The van der Waals surface area contributed by atoms with Gasteiger partial charge in [-0.05, 0) is 56.2 Å². The Bertz CT molecular complexity index is 847. The van der Waals surface area contributed by atoms with Crippen molar-refractivity contribution in [2.24, 2.45) is 0 Å². The van der Waals surface area contributed by atoms with E-state index in [-0.39, 0.29) is 16.8 Å². The smallest absolute Gasteiger partial charge is 0.261 e. The highest BCUT2D eigenvalue weighted by molar-refractivity contribution is 7.92. The zero-order valence-corrected chi connectivity index (χ0v) is 15.6. The van der Waals surface area contributed by atoms with Crippen molar-refractivity contribution in [3.05, 3.63) is 59.7 Å². The average molecular weight is 360 g/mol. The highest BCUT2D eigenvalue weighted by atomic mass is 32.2. The Balaban J connectivity index is 2.20. The Hall–Kier alpha value is -2.34. The molecule has 0 heterocycles. The maximum Gasteiger partial charge on any atom is 0.261 e. The van der Waals surface area contributed by atoms with Crippen molar-refractivity contribution in [2.75, 3.05) is 4.72 Å². The highest BCUT2D eigenvalue weighted by Gasteiger charge is 2.17. The summed E-state index contributed by atoms with van der Waals surface area (Å²) in [7, 11) is -3.75. The number of carbonyl (C=O) groups excluding carboxylic acids is 1. The standard InChI is InChI=1S/C19H24N2O3S/c1-4-7-15(3)20-19(22)16-9-6-11-18(13-16)25(23,24)21-17-10-5-8-14(2)12-17/h5-6,8-13,15,21H,4,7H2,1-3H3,(H,20,22). The molecule has 2 aromatic carbocycles. The molecule has 1 atom stereocenters. The molecule has 0 aliphatic carbocycles. The van der Waals surface area contributed by atoms with Crippen LogP contribution in [0.2, 0.25) is 0 Å². The fourth-order valence-corrected chi connectivity index (χ4v) is 3.63. The van der Waals surface area contributed by atoms with Gasteiger partial charge >= 0.3 is 0 Å². The van der Waals surface area contributed by atoms with E-state index in [1.54, 1.807) is 30.3 Å². The summed E-state index contributed by atoms with van der Waals surface area (Å²) in [6, 6.07) is 13.2. The Morgan fingerprint density at radius 2 is 1.84 bits per heavy atom. The summed E-state index contributed by atoms with van der Waals surface area (Å²) in [6.07, 6.45) is 1.84. The second-order valence-electron chi connectivity index (χ2n) is 6.17. The molecule has 0 saturated heterocycles. The lowest BCUT2D eigenvalue weighted by Gasteiger charge is -2.13. The van der Waals surface area contributed by atoms with E-state index in [9.17, 15) is 13.2 Å². The number of anilines is 1. The highest BCUT2D eigenvalue weighted by Crippen LogP contribution is 2.18. The first-order chi connectivity index (χ1) is 11.8. The van der Waals surface area contributed by atoms with Crippen LogP contribution in [0.5, 0.6) is 0 Å². The normalized spacial score (nSPS) is 12.4. The molecule has 1 unspecified atom stereocenters. The van der Waals surface area contributed by atoms with Crippen molar-refractivity contribution < 1.29 is 13.2 Å². The third-order valence-corrected chi connectivity index (χ3v) is 5.15. The molecule has 0 bridgehead atoms. The molecule has 0 spiro atoms. The van der Waals surface area contributed by atoms with Gasteiger partial charge in [0.1, 0.15) is 0 Å². The minimum absolute atomic E-state index is 0.0446. The largest absolute Gasteiger partial charge is 0.350 e. The lowest BCUT2D eigenvalue weighted by molar-refractivity contribution is 0.0938. The summed E-state index contributed by atoms with van der Waals surface area (Å²) in [5, 5.41) is 2.88. The molecular weight excluding hydrogens is 336 g/mol. The maximum atomic E-state index is 12.6. The van der Waals surface area contributed by atoms with E-state index < -0.39 is 10.0 Å². The quantitative estimate of drug-likeness (QED) is 0.790. The van der Waals surface area contributed by atoms with Crippen molar-refractivity contribution in [2.45, 2.75) is 44.6 Å². The number of sulfonamides is 1. The van der Waals surface area contributed by atoms with Crippen LogP contribution < -0.4 is 10.0 Å². The summed E-state index contributed by atoms with van der Waals surface area (Å²) in [6.45, 7) is 5.87. The number of benzene rings is 2. The number of hydrogen-bond donors (Lipinski definition) is 2. The van der Waals surface area contributed by atoms with Crippen molar-refractivity contribution >= 4 is 21.6 Å². The van der Waals surface area contributed by atoms with E-state index in [1.807, 2.05) is 26.8 Å². The van der Waals surface area contributed by atoms with E-state index in [4.69, 9.17) is 0 Å². The molecule has 0 radical (unpaired) electrons. The number of carbonyl (C=O) groups is 1. The van der Waals surface area contributed by atoms with Crippen LogP contribution >= 0.6 is 0 Å². The van der Waals surface area contributed by atoms with Gasteiger partial charge in [-0.2, -0.15) is 0 Å². The van der Waals surface area contributed by atoms with Crippen LogP contribution in [0.1, 0.15) is 42.6 Å². The molecule has 0 fully saturated rings. The topological polar surface area (TPSA) is 75.3 Å². The lowest BCUT2D eigenvalue weighted by Crippen LogP contribution is -2.32. The Morgan fingerprint density at radius 1 is 1.12 bits per heavy atom. The Kier molecular flexibility index (Phi) is 6.20. The monoisotopic (exact) mass is 360 g/mol. The molecule has 0 saturated carbocycles. The second-order valence-corrected chi connectivity index (χ2v) is 7.85. The van der Waals surface area contributed by atoms with Crippen LogP contribution in [0.15, 0.2) is 53.4 Å². The first kappa shape index (κ1) is 19.0. The van der Waals surface area contributed by atoms with Crippen LogP contribution in [-0.4, -0.2) is 20.4 Å². The van der Waals surface area contributed by atoms with E-state index in [2.05, 4.69) is 10.0 Å². The molecule has 134 valence electrons. The zero-order chi connectivity index (χ0) is 18.4. The van der Waals surface area contributed by atoms with Gasteiger partial charge in [-0.15, -0.1) is 0 Å². The summed E-state index contributed by atoms with van der Waals surface area (Å²) < 4.78 is 27.7. The summed E-state index contributed by atoms with van der Waals surface area (Å²) in [4.78, 5) is 12.3. The van der Waals surface area contributed by atoms with E-state index >= 15 is 0 Å². The van der Waals surface area contributed by atoms with Crippen molar-refractivity contribution in [3.63, 3.8) is 0 Å². The van der Waals surface area contributed by atoms with E-state index in [1.165, 1.54) is 12.1 Å². The van der Waals surface area contributed by atoms with Crippen LogP contribution in [0, 0.1) is 6.92 Å². The minimum atomic E-state index is -3.75. The molecule has 2 N–H and O–H groups in total. The first-order valence-electron chi connectivity index (χ1n) is 8.32. The molecule has 25 heavy (non-hydrogen) atoms. The number of rotatable bonds is 7. The zero-order valence-electron chi connectivity index (χ0n) is 14.7. The van der Waals surface area contributed by atoms with Gasteiger partial charge in [0.15, 0.2) is 0 Å². The summed E-state index contributed by atoms with van der Waals surface area (Å²) in [5.74, 6) is -0.270. The fourth-order valence-electron chi connectivity index (χ4n) is 2.54. The SMILES string of the molecule is CCCC(C)NC(=O)c1cccc(S(=O)(=O)Nc2cccc(C)c2)c1. The van der Waals surface area contributed by atoms with Crippen LogP contribution in [0.25, 0.3) is 0 Å². The third kappa shape index (κ3) is 5.32. The number of nitrogens with one attached hydrogen (secondary N) is 2.